The smallest absolute Gasteiger partial charge is 0.311 e. The number of hydrogen-bond acceptors (Lipinski definition) is 5. The van der Waals surface area contributed by atoms with Crippen LogP contribution >= 0.6 is 11.6 Å². The van der Waals surface area contributed by atoms with Crippen LogP contribution in [0.1, 0.15) is 25.3 Å². The Balaban J connectivity index is 1.79. The van der Waals surface area contributed by atoms with Crippen molar-refractivity contribution in [2.24, 2.45) is 0 Å². The van der Waals surface area contributed by atoms with Gasteiger partial charge in [-0.05, 0) is 31.9 Å². The number of nitro benzene ring substituents is 1. The molecule has 2 aromatic rings. The summed E-state index contributed by atoms with van der Waals surface area (Å²) in [5, 5.41) is 22.7. The summed E-state index contributed by atoms with van der Waals surface area (Å²) in [5.41, 5.74) is 0.596. The molecule has 26 heavy (non-hydrogen) atoms. The predicted octanol–water partition coefficient (Wildman–Crippen LogP) is 4.13. The van der Waals surface area contributed by atoms with Crippen molar-refractivity contribution in [2.75, 3.05) is 24.6 Å². The van der Waals surface area contributed by atoms with Gasteiger partial charge in [-0.3, -0.25) is 10.1 Å². The van der Waals surface area contributed by atoms with Crippen LogP contribution in [-0.4, -0.2) is 29.7 Å². The van der Waals surface area contributed by atoms with Gasteiger partial charge in [0.1, 0.15) is 0 Å². The lowest BCUT2D eigenvalue weighted by atomic mass is 9.84. The summed E-state index contributed by atoms with van der Waals surface area (Å²) >= 11 is 6.25. The summed E-state index contributed by atoms with van der Waals surface area (Å²) in [7, 11) is 0. The maximum absolute atomic E-state index is 11.1. The maximum atomic E-state index is 11.1. The fourth-order valence-corrected chi connectivity index (χ4v) is 3.68. The fourth-order valence-electron chi connectivity index (χ4n) is 3.36. The predicted molar refractivity (Wildman–Crippen MR) is 101 cm³/mol. The average molecular weight is 377 g/mol. The van der Waals surface area contributed by atoms with E-state index in [1.54, 1.807) is 25.1 Å². The zero-order valence-electron chi connectivity index (χ0n) is 14.5. The van der Waals surface area contributed by atoms with Crippen LogP contribution in [0, 0.1) is 10.1 Å². The number of hydrogen-bond donors (Lipinski definition) is 1. The lowest BCUT2D eigenvalue weighted by molar-refractivity contribution is -0.385. The van der Waals surface area contributed by atoms with Gasteiger partial charge in [0.25, 0.3) is 0 Å². The summed E-state index contributed by atoms with van der Waals surface area (Å²) in [6.45, 7) is 3.38. The molecule has 1 N–H and O–H groups in total. The Bertz CT molecular complexity index is 804. The molecule has 3 rings (SSSR count). The van der Waals surface area contributed by atoms with E-state index in [0.29, 0.717) is 37.6 Å². The number of aliphatic hydroxyl groups is 1. The third kappa shape index (κ3) is 3.61. The largest absolute Gasteiger partial charge is 0.487 e. The van der Waals surface area contributed by atoms with Crippen LogP contribution in [0.4, 0.5) is 11.4 Å². The summed E-state index contributed by atoms with van der Waals surface area (Å²) < 4.78 is 5.42. The van der Waals surface area contributed by atoms with Crippen molar-refractivity contribution in [3.63, 3.8) is 0 Å². The second-order valence-electron chi connectivity index (χ2n) is 6.34. The zero-order chi connectivity index (χ0) is 18.7. The molecule has 7 heteroatoms. The molecule has 0 spiro atoms. The quantitative estimate of drug-likeness (QED) is 0.627. The van der Waals surface area contributed by atoms with Crippen LogP contribution < -0.4 is 9.64 Å². The van der Waals surface area contributed by atoms with Gasteiger partial charge in [0, 0.05) is 41.5 Å². The molecule has 1 aliphatic heterocycles. The highest BCUT2D eigenvalue weighted by Crippen LogP contribution is 2.39. The molecule has 1 saturated heterocycles. The minimum absolute atomic E-state index is 0.0415. The summed E-state index contributed by atoms with van der Waals surface area (Å²) in [4.78, 5) is 12.8. The third-order valence-electron chi connectivity index (χ3n) is 4.77. The van der Waals surface area contributed by atoms with Gasteiger partial charge in [-0.2, -0.15) is 0 Å². The van der Waals surface area contributed by atoms with Crippen LogP contribution in [-0.2, 0) is 5.60 Å². The lowest BCUT2D eigenvalue weighted by Gasteiger charge is -2.40. The normalized spacial score (nSPS) is 16.3. The Labute approximate surface area is 157 Å². The van der Waals surface area contributed by atoms with Crippen LogP contribution in [0.15, 0.2) is 42.5 Å². The summed E-state index contributed by atoms with van der Waals surface area (Å²) in [5.74, 6) is 0.266. The van der Waals surface area contributed by atoms with Crippen LogP contribution in [0.5, 0.6) is 5.75 Å². The van der Waals surface area contributed by atoms with Crippen molar-refractivity contribution in [2.45, 2.75) is 25.4 Å². The number of nitrogens with zero attached hydrogens (tertiary/aromatic N) is 2. The molecule has 0 aliphatic carbocycles. The van der Waals surface area contributed by atoms with E-state index in [0.717, 1.165) is 11.3 Å². The number of piperidine rings is 1. The van der Waals surface area contributed by atoms with E-state index in [2.05, 4.69) is 4.90 Å². The molecule has 0 radical (unpaired) electrons. The monoisotopic (exact) mass is 376 g/mol. The maximum Gasteiger partial charge on any atom is 0.311 e. The van der Waals surface area contributed by atoms with Crippen LogP contribution in [0.2, 0.25) is 5.02 Å². The Morgan fingerprint density at radius 3 is 2.58 bits per heavy atom. The molecule has 1 fully saturated rings. The minimum Gasteiger partial charge on any atom is -0.487 e. The summed E-state index contributed by atoms with van der Waals surface area (Å²) in [6.07, 6.45) is 1.05. The van der Waals surface area contributed by atoms with Crippen LogP contribution in [0.3, 0.4) is 0 Å². The average Bonchev–Trinajstić information content (AvgIpc) is 2.62. The van der Waals surface area contributed by atoms with Crippen molar-refractivity contribution in [1.29, 1.82) is 0 Å². The highest BCUT2D eigenvalue weighted by Gasteiger charge is 2.35. The van der Waals surface area contributed by atoms with E-state index < -0.39 is 10.5 Å². The molecule has 0 bridgehead atoms. The lowest BCUT2D eigenvalue weighted by Crippen LogP contribution is -2.42. The molecular formula is C19H21ClN2O4. The number of nitro groups is 1. The number of rotatable bonds is 5. The van der Waals surface area contributed by atoms with E-state index in [9.17, 15) is 15.2 Å². The van der Waals surface area contributed by atoms with Crippen molar-refractivity contribution >= 4 is 23.0 Å². The third-order valence-corrected chi connectivity index (χ3v) is 5.10. The van der Waals surface area contributed by atoms with Crippen LogP contribution in [0.25, 0.3) is 0 Å². The van der Waals surface area contributed by atoms with Gasteiger partial charge in [0.2, 0.25) is 0 Å². The van der Waals surface area contributed by atoms with Crippen molar-refractivity contribution < 1.29 is 14.8 Å². The molecule has 1 heterocycles. The number of anilines is 1. The highest BCUT2D eigenvalue weighted by molar-refractivity contribution is 6.31. The second-order valence-corrected chi connectivity index (χ2v) is 6.75. The van der Waals surface area contributed by atoms with Gasteiger partial charge < -0.3 is 14.7 Å². The van der Waals surface area contributed by atoms with Crippen molar-refractivity contribution in [1.82, 2.24) is 0 Å². The Morgan fingerprint density at radius 2 is 1.96 bits per heavy atom. The molecule has 6 nitrogen and oxygen atoms in total. The van der Waals surface area contributed by atoms with Gasteiger partial charge in [0.15, 0.2) is 5.75 Å². The summed E-state index contributed by atoms with van der Waals surface area (Å²) in [6, 6.07) is 12.2. The first-order valence-electron chi connectivity index (χ1n) is 8.58. The molecule has 0 atom stereocenters. The molecule has 138 valence electrons. The molecule has 2 aromatic carbocycles. The molecule has 0 unspecified atom stereocenters. The fraction of sp³-hybridized carbons (Fsp3) is 0.368. The Hall–Kier alpha value is -2.31. The highest BCUT2D eigenvalue weighted by atomic mass is 35.5. The van der Waals surface area contributed by atoms with Crippen molar-refractivity contribution in [3.8, 4) is 5.75 Å². The number of benzene rings is 2. The SMILES string of the molecule is CCOc1cc(N2CCC(O)(c3ccccc3Cl)CC2)ccc1[N+](=O)[O-]. The van der Waals surface area contributed by atoms with Gasteiger partial charge >= 0.3 is 5.69 Å². The first kappa shape index (κ1) is 18.5. The van der Waals surface area contributed by atoms with Gasteiger partial charge in [-0.25, -0.2) is 0 Å². The minimum atomic E-state index is -0.960. The van der Waals surface area contributed by atoms with E-state index in [1.165, 1.54) is 6.07 Å². The first-order chi connectivity index (χ1) is 12.4. The van der Waals surface area contributed by atoms with E-state index >= 15 is 0 Å². The van der Waals surface area contributed by atoms with Gasteiger partial charge in [-0.15, -0.1) is 0 Å². The van der Waals surface area contributed by atoms with E-state index in [-0.39, 0.29) is 11.4 Å². The molecular weight excluding hydrogens is 356 g/mol. The van der Waals surface area contributed by atoms with Gasteiger partial charge in [-0.1, -0.05) is 29.8 Å². The first-order valence-corrected chi connectivity index (χ1v) is 8.96. The molecule has 0 aromatic heterocycles. The van der Waals surface area contributed by atoms with Gasteiger partial charge in [0.05, 0.1) is 17.1 Å². The Morgan fingerprint density at radius 1 is 1.27 bits per heavy atom. The molecule has 0 saturated carbocycles. The molecule has 1 aliphatic rings. The Kier molecular flexibility index (Phi) is 5.34. The number of ether oxygens (including phenoxy) is 1. The second kappa shape index (κ2) is 7.51. The topological polar surface area (TPSA) is 75.8 Å². The van der Waals surface area contributed by atoms with E-state index in [1.807, 2.05) is 18.2 Å². The number of halogens is 1. The van der Waals surface area contributed by atoms with E-state index in [4.69, 9.17) is 16.3 Å². The standard InChI is InChI=1S/C19H21ClN2O4/c1-2-26-18-13-14(7-8-17(18)22(24)25)21-11-9-19(23,10-12-21)15-5-3-4-6-16(15)20/h3-8,13,23H,2,9-12H2,1H3. The van der Waals surface area contributed by atoms with Crippen molar-refractivity contribution in [3.05, 3.63) is 63.2 Å². The molecule has 0 amide bonds. The zero-order valence-corrected chi connectivity index (χ0v) is 15.3.